The molecule has 4 N–H and O–H groups in total. The Kier molecular flexibility index (Phi) is 6.87. The molecule has 2 heterocycles. The zero-order chi connectivity index (χ0) is 19.8. The number of benzene rings is 2. The molecule has 0 unspecified atom stereocenters. The Morgan fingerprint density at radius 1 is 1.07 bits per heavy atom. The number of hydrogen-bond acceptors (Lipinski definition) is 4. The predicted molar refractivity (Wildman–Crippen MR) is 120 cm³/mol. The summed E-state index contributed by atoms with van der Waals surface area (Å²) >= 11 is 0. The summed E-state index contributed by atoms with van der Waals surface area (Å²) in [6, 6.07) is 13.9. The molecule has 1 fully saturated rings. The highest BCUT2D eigenvalue weighted by atomic mass is 15.1. The topological polar surface area (TPSA) is 70.0 Å². The van der Waals surface area contributed by atoms with Crippen LogP contribution in [0, 0.1) is 0 Å². The van der Waals surface area contributed by atoms with Crippen LogP contribution < -0.4 is 11.1 Å². The maximum Gasteiger partial charge on any atom is 0.0623 e. The molecule has 3 aromatic rings. The first kappa shape index (κ1) is 19.7. The van der Waals surface area contributed by atoms with Gasteiger partial charge < -0.3 is 16.0 Å². The maximum atomic E-state index is 5.99. The first-order valence-electron chi connectivity index (χ1n) is 9.72. The summed E-state index contributed by atoms with van der Waals surface area (Å²) in [7, 11) is 2.19. The van der Waals surface area contributed by atoms with Crippen molar-refractivity contribution in [3.8, 4) is 11.1 Å². The van der Waals surface area contributed by atoms with E-state index in [0.29, 0.717) is 5.69 Å². The molecule has 0 aliphatic carbocycles. The highest BCUT2D eigenvalue weighted by Crippen LogP contribution is 2.26. The van der Waals surface area contributed by atoms with Gasteiger partial charge in [0.2, 0.25) is 0 Å². The van der Waals surface area contributed by atoms with Gasteiger partial charge in [-0.1, -0.05) is 37.3 Å². The number of rotatable bonds is 4. The average molecular weight is 376 g/mol. The SMILES string of the molecule is C=Cc1ccc(N)c(Nc2ccc(-c3cn[nH]c3)cc2)c1.CN1CCCCC1. The van der Waals surface area contributed by atoms with E-state index < -0.39 is 0 Å². The largest absolute Gasteiger partial charge is 0.397 e. The van der Waals surface area contributed by atoms with Gasteiger partial charge in [-0.25, -0.2) is 0 Å². The molecule has 1 saturated heterocycles. The van der Waals surface area contributed by atoms with Crippen molar-refractivity contribution in [3.63, 3.8) is 0 Å². The van der Waals surface area contributed by atoms with Crippen molar-refractivity contribution in [1.29, 1.82) is 0 Å². The molecule has 146 valence electrons. The van der Waals surface area contributed by atoms with Crippen molar-refractivity contribution in [1.82, 2.24) is 15.1 Å². The molecule has 2 aromatic carbocycles. The lowest BCUT2D eigenvalue weighted by Crippen LogP contribution is -2.24. The Bertz CT molecular complexity index is 863. The van der Waals surface area contributed by atoms with E-state index in [9.17, 15) is 0 Å². The number of nitrogens with two attached hydrogens (primary N) is 1. The van der Waals surface area contributed by atoms with Crippen molar-refractivity contribution in [2.24, 2.45) is 0 Å². The second-order valence-corrected chi connectivity index (χ2v) is 7.10. The summed E-state index contributed by atoms with van der Waals surface area (Å²) in [5.41, 5.74) is 11.8. The molecule has 4 rings (SSSR count). The fraction of sp³-hybridized carbons (Fsp3) is 0.261. The summed E-state index contributed by atoms with van der Waals surface area (Å²) in [6.45, 7) is 6.41. The van der Waals surface area contributed by atoms with Crippen molar-refractivity contribution in [2.75, 3.05) is 31.2 Å². The number of piperidine rings is 1. The van der Waals surface area contributed by atoms with Gasteiger partial charge in [-0.05, 0) is 68.4 Å². The predicted octanol–water partition coefficient (Wildman–Crippen LogP) is 5.15. The van der Waals surface area contributed by atoms with E-state index in [4.69, 9.17) is 5.73 Å². The zero-order valence-corrected chi connectivity index (χ0v) is 16.5. The highest BCUT2D eigenvalue weighted by molar-refractivity contribution is 5.76. The van der Waals surface area contributed by atoms with Crippen molar-refractivity contribution in [2.45, 2.75) is 19.3 Å². The van der Waals surface area contributed by atoms with E-state index in [0.717, 1.165) is 28.1 Å². The molecule has 5 nitrogen and oxygen atoms in total. The quantitative estimate of drug-likeness (QED) is 0.552. The van der Waals surface area contributed by atoms with Crippen LogP contribution in [0.3, 0.4) is 0 Å². The lowest BCUT2D eigenvalue weighted by molar-refractivity contribution is 0.277. The minimum absolute atomic E-state index is 0.708. The highest BCUT2D eigenvalue weighted by Gasteiger charge is 2.03. The van der Waals surface area contributed by atoms with Gasteiger partial charge in [0, 0.05) is 17.4 Å². The number of hydrogen-bond donors (Lipinski definition) is 3. The van der Waals surface area contributed by atoms with E-state index in [1.807, 2.05) is 48.7 Å². The Morgan fingerprint density at radius 2 is 1.82 bits per heavy atom. The molecule has 1 aromatic heterocycles. The number of H-pyrrole nitrogens is 1. The second kappa shape index (κ2) is 9.76. The van der Waals surface area contributed by atoms with Crippen LogP contribution in [-0.2, 0) is 0 Å². The van der Waals surface area contributed by atoms with Gasteiger partial charge in [-0.3, -0.25) is 5.10 Å². The standard InChI is InChI=1S/C17H16N4.C6H13N/c1-2-12-3-8-16(18)17(9-12)21-15-6-4-13(5-7-15)14-10-19-20-11-14;1-7-5-3-2-4-6-7/h2-11,21H,1,18H2,(H,19,20);2-6H2,1H3. The monoisotopic (exact) mass is 375 g/mol. The normalized spacial score (nSPS) is 14.0. The molecular formula is C23H29N5. The first-order valence-corrected chi connectivity index (χ1v) is 9.72. The summed E-state index contributed by atoms with van der Waals surface area (Å²) in [5, 5.41) is 10.1. The third-order valence-corrected chi connectivity index (χ3v) is 4.89. The first-order chi connectivity index (χ1) is 13.7. The summed E-state index contributed by atoms with van der Waals surface area (Å²) in [5.74, 6) is 0. The van der Waals surface area contributed by atoms with E-state index in [-0.39, 0.29) is 0 Å². The number of anilines is 3. The van der Waals surface area contributed by atoms with Gasteiger partial charge in [-0.15, -0.1) is 0 Å². The minimum Gasteiger partial charge on any atom is -0.397 e. The molecular weight excluding hydrogens is 346 g/mol. The van der Waals surface area contributed by atoms with Crippen LogP contribution >= 0.6 is 0 Å². The van der Waals surface area contributed by atoms with Crippen LogP contribution in [0.25, 0.3) is 17.2 Å². The van der Waals surface area contributed by atoms with E-state index >= 15 is 0 Å². The summed E-state index contributed by atoms with van der Waals surface area (Å²) in [4.78, 5) is 2.39. The molecule has 0 bridgehead atoms. The zero-order valence-electron chi connectivity index (χ0n) is 16.5. The number of nitrogen functional groups attached to an aromatic ring is 1. The number of nitrogens with zero attached hydrogens (tertiary/aromatic N) is 2. The lowest BCUT2D eigenvalue weighted by atomic mass is 10.1. The average Bonchev–Trinajstić information content (AvgIpc) is 3.26. The number of likely N-dealkylation sites (tertiary alicyclic amines) is 1. The van der Waals surface area contributed by atoms with Crippen molar-refractivity contribution >= 4 is 23.1 Å². The molecule has 1 aliphatic rings. The molecule has 0 atom stereocenters. The maximum absolute atomic E-state index is 5.99. The Balaban J connectivity index is 0.000000271. The summed E-state index contributed by atoms with van der Waals surface area (Å²) < 4.78 is 0. The van der Waals surface area contributed by atoms with E-state index in [2.05, 4.69) is 34.0 Å². The fourth-order valence-corrected chi connectivity index (χ4v) is 3.17. The van der Waals surface area contributed by atoms with E-state index in [1.54, 1.807) is 12.3 Å². The summed E-state index contributed by atoms with van der Waals surface area (Å²) in [6.07, 6.45) is 9.74. The molecule has 0 saturated carbocycles. The van der Waals surface area contributed by atoms with Gasteiger partial charge in [0.25, 0.3) is 0 Å². The van der Waals surface area contributed by atoms with Crippen LogP contribution in [0.4, 0.5) is 17.1 Å². The molecule has 1 aliphatic heterocycles. The second-order valence-electron chi connectivity index (χ2n) is 7.10. The Hall–Kier alpha value is -3.05. The number of aromatic nitrogens is 2. The van der Waals surface area contributed by atoms with Gasteiger partial charge in [0.15, 0.2) is 0 Å². The van der Waals surface area contributed by atoms with Crippen LogP contribution in [0.2, 0.25) is 0 Å². The third kappa shape index (κ3) is 5.47. The van der Waals surface area contributed by atoms with Crippen molar-refractivity contribution < 1.29 is 0 Å². The molecule has 5 heteroatoms. The van der Waals surface area contributed by atoms with Gasteiger partial charge in [0.1, 0.15) is 0 Å². The van der Waals surface area contributed by atoms with E-state index in [1.165, 1.54) is 32.4 Å². The molecule has 0 radical (unpaired) electrons. The van der Waals surface area contributed by atoms with Gasteiger partial charge in [0.05, 0.1) is 17.6 Å². The Morgan fingerprint density at radius 3 is 2.39 bits per heavy atom. The van der Waals surface area contributed by atoms with Gasteiger partial charge in [-0.2, -0.15) is 5.10 Å². The fourth-order valence-electron chi connectivity index (χ4n) is 3.17. The number of nitrogens with one attached hydrogen (secondary N) is 2. The van der Waals surface area contributed by atoms with Crippen LogP contribution in [-0.4, -0.2) is 35.2 Å². The Labute approximate surface area is 167 Å². The van der Waals surface area contributed by atoms with Gasteiger partial charge >= 0.3 is 0 Å². The molecule has 28 heavy (non-hydrogen) atoms. The van der Waals surface area contributed by atoms with Crippen LogP contribution in [0.15, 0.2) is 61.4 Å². The lowest BCUT2D eigenvalue weighted by Gasteiger charge is -2.20. The smallest absolute Gasteiger partial charge is 0.0623 e. The van der Waals surface area contributed by atoms with Crippen LogP contribution in [0.1, 0.15) is 24.8 Å². The number of aromatic amines is 1. The van der Waals surface area contributed by atoms with Crippen molar-refractivity contribution in [3.05, 3.63) is 67.0 Å². The third-order valence-electron chi connectivity index (χ3n) is 4.89. The van der Waals surface area contributed by atoms with Crippen LogP contribution in [0.5, 0.6) is 0 Å². The molecule has 0 spiro atoms. The molecule has 0 amide bonds. The minimum atomic E-state index is 0.708.